The molecule has 0 bridgehead atoms. The van der Waals surface area contributed by atoms with E-state index in [0.717, 1.165) is 16.3 Å². The molecule has 0 spiro atoms. The highest BCUT2D eigenvalue weighted by Crippen LogP contribution is 2.17. The van der Waals surface area contributed by atoms with Crippen molar-refractivity contribution in [3.05, 3.63) is 76.7 Å². The lowest BCUT2D eigenvalue weighted by molar-refractivity contribution is -0.152. The van der Waals surface area contributed by atoms with Gasteiger partial charge in [-0.3, -0.25) is 9.59 Å². The third-order valence-electron chi connectivity index (χ3n) is 4.62. The monoisotopic (exact) mass is 389 g/mol. The second-order valence-electron chi connectivity index (χ2n) is 6.82. The summed E-state index contributed by atoms with van der Waals surface area (Å²) in [6.07, 6.45) is -0.872. The molecule has 146 valence electrons. The first-order valence-electron chi connectivity index (χ1n) is 9.18. The van der Waals surface area contributed by atoms with Crippen LogP contribution in [0.1, 0.15) is 12.5 Å². The number of fused-ring (bicyclic) bond motifs is 2. The van der Waals surface area contributed by atoms with Gasteiger partial charge in [-0.05, 0) is 41.5 Å². The van der Waals surface area contributed by atoms with Crippen LogP contribution in [-0.4, -0.2) is 27.9 Å². The number of carbonyl (C=O) groups excluding carboxylic acids is 2. The minimum atomic E-state index is -0.955. The average Bonchev–Trinajstić information content (AvgIpc) is 3.07. The summed E-state index contributed by atoms with van der Waals surface area (Å²) < 4.78 is 5.28. The number of aromatic amines is 2. The van der Waals surface area contributed by atoms with E-state index in [1.54, 1.807) is 18.2 Å². The van der Waals surface area contributed by atoms with Crippen molar-refractivity contribution in [1.82, 2.24) is 9.97 Å². The Morgan fingerprint density at radius 3 is 2.55 bits per heavy atom. The van der Waals surface area contributed by atoms with Crippen molar-refractivity contribution in [1.29, 1.82) is 0 Å². The van der Waals surface area contributed by atoms with Gasteiger partial charge in [-0.1, -0.05) is 42.5 Å². The van der Waals surface area contributed by atoms with Gasteiger partial charge in [-0.15, -0.1) is 0 Å². The van der Waals surface area contributed by atoms with Crippen LogP contribution < -0.4 is 11.0 Å². The fourth-order valence-corrected chi connectivity index (χ4v) is 3.16. The minimum absolute atomic E-state index is 0.0823. The number of nitrogens with one attached hydrogen (secondary N) is 3. The number of aromatic nitrogens is 2. The van der Waals surface area contributed by atoms with Crippen molar-refractivity contribution >= 4 is 39.4 Å². The molecule has 4 rings (SSSR count). The maximum Gasteiger partial charge on any atom is 0.323 e. The van der Waals surface area contributed by atoms with Crippen molar-refractivity contribution in [3.63, 3.8) is 0 Å². The highest BCUT2D eigenvalue weighted by Gasteiger charge is 2.18. The maximum atomic E-state index is 12.3. The highest BCUT2D eigenvalue weighted by molar-refractivity contribution is 5.96. The third kappa shape index (κ3) is 4.19. The molecule has 0 aliphatic carbocycles. The molecule has 1 aromatic heterocycles. The topological polar surface area (TPSA) is 104 Å². The summed E-state index contributed by atoms with van der Waals surface area (Å²) in [6, 6.07) is 18.6. The number of anilines is 1. The van der Waals surface area contributed by atoms with Crippen LogP contribution in [-0.2, 0) is 20.7 Å². The largest absolute Gasteiger partial charge is 0.452 e. The predicted octanol–water partition coefficient (Wildman–Crippen LogP) is 3.12. The fraction of sp³-hybridized carbons (Fsp3) is 0.136. The molecule has 7 nitrogen and oxygen atoms in total. The molecule has 3 aromatic carbocycles. The van der Waals surface area contributed by atoms with Crippen LogP contribution in [0, 0.1) is 0 Å². The number of imidazole rings is 1. The molecule has 0 aliphatic rings. The van der Waals surface area contributed by atoms with Gasteiger partial charge in [0.2, 0.25) is 0 Å². The van der Waals surface area contributed by atoms with Crippen LogP contribution in [0.3, 0.4) is 0 Å². The lowest BCUT2D eigenvalue weighted by Crippen LogP contribution is -2.30. The van der Waals surface area contributed by atoms with E-state index >= 15 is 0 Å². The summed E-state index contributed by atoms with van der Waals surface area (Å²) in [5.74, 6) is -0.928. The Hall–Kier alpha value is -3.87. The van der Waals surface area contributed by atoms with Gasteiger partial charge in [-0.25, -0.2) is 4.79 Å². The molecule has 1 atom stereocenters. The molecule has 3 N–H and O–H groups in total. The van der Waals surface area contributed by atoms with Crippen molar-refractivity contribution in [2.45, 2.75) is 19.4 Å². The number of esters is 1. The molecule has 7 heteroatoms. The van der Waals surface area contributed by atoms with Gasteiger partial charge in [0.15, 0.2) is 6.10 Å². The lowest BCUT2D eigenvalue weighted by atomic mass is 10.1. The predicted molar refractivity (Wildman–Crippen MR) is 111 cm³/mol. The molecule has 0 saturated carbocycles. The van der Waals surface area contributed by atoms with E-state index in [0.29, 0.717) is 16.7 Å². The van der Waals surface area contributed by atoms with Gasteiger partial charge in [0.1, 0.15) is 0 Å². The molecule has 29 heavy (non-hydrogen) atoms. The van der Waals surface area contributed by atoms with E-state index in [4.69, 9.17) is 4.74 Å². The molecular weight excluding hydrogens is 370 g/mol. The molecule has 0 radical (unpaired) electrons. The SMILES string of the molecule is C[C@@H](OC(=O)Cc1ccc2ccccc2c1)C(=O)Nc1ccc2[nH]c(=O)[nH]c2c1. The zero-order valence-electron chi connectivity index (χ0n) is 15.7. The smallest absolute Gasteiger partial charge is 0.323 e. The number of rotatable bonds is 5. The van der Waals surface area contributed by atoms with Gasteiger partial charge >= 0.3 is 11.7 Å². The Morgan fingerprint density at radius 2 is 1.72 bits per heavy atom. The molecule has 4 aromatic rings. The van der Waals surface area contributed by atoms with Crippen LogP contribution in [0.5, 0.6) is 0 Å². The Morgan fingerprint density at radius 1 is 0.966 bits per heavy atom. The van der Waals surface area contributed by atoms with Gasteiger partial charge in [0.05, 0.1) is 17.5 Å². The van der Waals surface area contributed by atoms with Crippen LogP contribution in [0.4, 0.5) is 5.69 Å². The maximum absolute atomic E-state index is 12.3. The van der Waals surface area contributed by atoms with Gasteiger partial charge in [0, 0.05) is 5.69 Å². The summed E-state index contributed by atoms with van der Waals surface area (Å²) in [6.45, 7) is 1.52. The molecule has 0 aliphatic heterocycles. The highest BCUT2D eigenvalue weighted by atomic mass is 16.5. The van der Waals surface area contributed by atoms with Crippen molar-refractivity contribution in [3.8, 4) is 0 Å². The zero-order valence-corrected chi connectivity index (χ0v) is 15.7. The van der Waals surface area contributed by atoms with Crippen LogP contribution in [0.25, 0.3) is 21.8 Å². The van der Waals surface area contributed by atoms with Crippen LogP contribution in [0.2, 0.25) is 0 Å². The van der Waals surface area contributed by atoms with E-state index in [1.807, 2.05) is 42.5 Å². The number of amides is 1. The van der Waals surface area contributed by atoms with E-state index in [2.05, 4.69) is 15.3 Å². The fourth-order valence-electron chi connectivity index (χ4n) is 3.16. The van der Waals surface area contributed by atoms with Crippen LogP contribution >= 0.6 is 0 Å². The molecule has 0 fully saturated rings. The first-order chi connectivity index (χ1) is 14.0. The molecule has 0 saturated heterocycles. The first-order valence-corrected chi connectivity index (χ1v) is 9.18. The van der Waals surface area contributed by atoms with Crippen molar-refractivity contribution < 1.29 is 14.3 Å². The minimum Gasteiger partial charge on any atom is -0.452 e. The molecule has 0 unspecified atom stereocenters. The molecule has 1 amide bonds. The standard InChI is InChI=1S/C22H19N3O4/c1-13(21(27)23-17-8-9-18-19(12-17)25-22(28)24-18)29-20(26)11-14-6-7-15-4-2-3-5-16(15)10-14/h2-10,12-13H,11H2,1H3,(H,23,27)(H2,24,25,28)/t13-/m1/s1. The number of hydrogen-bond acceptors (Lipinski definition) is 4. The van der Waals surface area contributed by atoms with Gasteiger partial charge < -0.3 is 20.0 Å². The van der Waals surface area contributed by atoms with E-state index in [1.165, 1.54) is 6.92 Å². The second-order valence-corrected chi connectivity index (χ2v) is 6.82. The average molecular weight is 389 g/mol. The number of benzene rings is 3. The van der Waals surface area contributed by atoms with Gasteiger partial charge in [-0.2, -0.15) is 0 Å². The number of ether oxygens (including phenoxy) is 1. The lowest BCUT2D eigenvalue weighted by Gasteiger charge is -2.14. The Bertz CT molecular complexity index is 1270. The number of hydrogen-bond donors (Lipinski definition) is 3. The quantitative estimate of drug-likeness (QED) is 0.456. The molecule has 1 heterocycles. The Balaban J connectivity index is 1.37. The summed E-state index contributed by atoms with van der Waals surface area (Å²) in [5, 5.41) is 4.82. The van der Waals surface area contributed by atoms with Crippen LogP contribution in [0.15, 0.2) is 65.5 Å². The first kappa shape index (κ1) is 18.5. The summed E-state index contributed by atoms with van der Waals surface area (Å²) in [7, 11) is 0. The summed E-state index contributed by atoms with van der Waals surface area (Å²) in [5.41, 5.74) is 2.22. The van der Waals surface area contributed by atoms with E-state index in [-0.39, 0.29) is 12.1 Å². The normalized spacial score (nSPS) is 12.0. The number of H-pyrrole nitrogens is 2. The number of carbonyl (C=O) groups is 2. The summed E-state index contributed by atoms with van der Waals surface area (Å²) in [4.78, 5) is 41.2. The Kier molecular flexibility index (Phi) is 4.87. The molecular formula is C22H19N3O4. The van der Waals surface area contributed by atoms with E-state index < -0.39 is 18.0 Å². The van der Waals surface area contributed by atoms with E-state index in [9.17, 15) is 14.4 Å². The summed E-state index contributed by atoms with van der Waals surface area (Å²) >= 11 is 0. The third-order valence-corrected chi connectivity index (χ3v) is 4.62. The second kappa shape index (κ2) is 7.63. The van der Waals surface area contributed by atoms with Crippen molar-refractivity contribution in [2.24, 2.45) is 0 Å². The van der Waals surface area contributed by atoms with Crippen molar-refractivity contribution in [2.75, 3.05) is 5.32 Å². The zero-order chi connectivity index (χ0) is 20.4. The Labute approximate surface area is 165 Å². The van der Waals surface area contributed by atoms with Gasteiger partial charge in [0.25, 0.3) is 5.91 Å².